The number of carbonyl (C=O) groups excluding carboxylic acids is 2. The molecule has 0 spiro atoms. The average Bonchev–Trinajstić information content (AvgIpc) is 2.56. The molecule has 0 aliphatic rings. The highest BCUT2D eigenvalue weighted by Crippen LogP contribution is 2.15. The van der Waals surface area contributed by atoms with E-state index in [1.165, 1.54) is 0 Å². The molecule has 3 unspecified atom stereocenters. The van der Waals surface area contributed by atoms with Gasteiger partial charge in [-0.15, -0.1) is 0 Å². The van der Waals surface area contributed by atoms with Gasteiger partial charge in [-0.3, -0.25) is 9.59 Å². The molecule has 24 heavy (non-hydrogen) atoms. The summed E-state index contributed by atoms with van der Waals surface area (Å²) in [5, 5.41) is 17.9. The third-order valence-corrected chi connectivity index (χ3v) is 3.47. The number of aliphatic hydroxyl groups excluding tert-OH is 2. The van der Waals surface area contributed by atoms with Gasteiger partial charge in [0.1, 0.15) is 12.2 Å². The Bertz CT molecular complexity index is 380. The minimum atomic E-state index is -0.653. The van der Waals surface area contributed by atoms with Crippen molar-refractivity contribution < 1.29 is 29.3 Å². The molecule has 0 rings (SSSR count). The number of aliphatic hydroxyl groups is 2. The molecule has 3 atom stereocenters. The van der Waals surface area contributed by atoms with Gasteiger partial charge in [-0.25, -0.2) is 0 Å². The van der Waals surface area contributed by atoms with Crippen molar-refractivity contribution in [2.75, 3.05) is 13.2 Å². The Balaban J connectivity index is 4.58. The lowest BCUT2D eigenvalue weighted by atomic mass is 10.0. The molecular weight excluding hydrogens is 312 g/mol. The Labute approximate surface area is 144 Å². The predicted octanol–water partition coefficient (Wildman–Crippen LogP) is 2.37. The lowest BCUT2D eigenvalue weighted by Gasteiger charge is -2.18. The molecule has 6 nitrogen and oxygen atoms in total. The van der Waals surface area contributed by atoms with Gasteiger partial charge in [-0.05, 0) is 33.1 Å². The van der Waals surface area contributed by atoms with Gasteiger partial charge in [0.25, 0.3) is 0 Å². The zero-order valence-electron chi connectivity index (χ0n) is 15.1. The molecule has 140 valence electrons. The van der Waals surface area contributed by atoms with Crippen LogP contribution < -0.4 is 0 Å². The maximum atomic E-state index is 12.1. The molecule has 6 heteroatoms. The summed E-state index contributed by atoms with van der Waals surface area (Å²) in [5.74, 6) is -1.72. The summed E-state index contributed by atoms with van der Waals surface area (Å²) in [7, 11) is 0. The number of ether oxygens (including phenoxy) is 2. The predicted molar refractivity (Wildman–Crippen MR) is 91.3 cm³/mol. The van der Waals surface area contributed by atoms with Crippen molar-refractivity contribution in [3.63, 3.8) is 0 Å². The first-order chi connectivity index (χ1) is 11.4. The fourth-order valence-corrected chi connectivity index (χ4v) is 2.00. The molecule has 0 aromatic heterocycles. The van der Waals surface area contributed by atoms with Crippen LogP contribution in [0.3, 0.4) is 0 Å². The largest absolute Gasteiger partial charge is 0.460 e. The van der Waals surface area contributed by atoms with E-state index < -0.39 is 30.1 Å². The van der Waals surface area contributed by atoms with Crippen molar-refractivity contribution in [3.8, 4) is 0 Å². The molecule has 0 aliphatic heterocycles. The minimum Gasteiger partial charge on any atom is -0.460 e. The van der Waals surface area contributed by atoms with Crippen molar-refractivity contribution in [1.82, 2.24) is 0 Å². The van der Waals surface area contributed by atoms with Crippen molar-refractivity contribution in [3.05, 3.63) is 12.2 Å². The molecule has 0 aliphatic carbocycles. The molecule has 0 saturated carbocycles. The average molecular weight is 344 g/mol. The highest BCUT2D eigenvalue weighted by atomic mass is 16.6. The molecule has 0 aromatic rings. The monoisotopic (exact) mass is 344 g/mol. The van der Waals surface area contributed by atoms with E-state index >= 15 is 0 Å². The summed E-state index contributed by atoms with van der Waals surface area (Å²) < 4.78 is 10.1. The van der Waals surface area contributed by atoms with Crippen LogP contribution in [0.5, 0.6) is 0 Å². The van der Waals surface area contributed by atoms with Crippen molar-refractivity contribution in [2.45, 2.75) is 71.5 Å². The number of carbonyl (C=O) groups is 2. The van der Waals surface area contributed by atoms with Crippen LogP contribution >= 0.6 is 0 Å². The molecule has 0 heterocycles. The van der Waals surface area contributed by atoms with Crippen LogP contribution in [0.25, 0.3) is 0 Å². The second-order valence-electron chi connectivity index (χ2n) is 6.02. The topological polar surface area (TPSA) is 93.1 Å². The van der Waals surface area contributed by atoms with E-state index in [0.717, 1.165) is 25.7 Å². The molecule has 0 aromatic carbocycles. The Morgan fingerprint density at radius 2 is 1.62 bits per heavy atom. The maximum absolute atomic E-state index is 12.1. The maximum Gasteiger partial charge on any atom is 0.310 e. The SMILES string of the molecule is CCCCC/C=C/CC(CC(=O)OC(C)CO)C(=O)OC(C)CO. The van der Waals surface area contributed by atoms with Gasteiger partial charge in [0.15, 0.2) is 0 Å². The standard InChI is InChI=1S/C18H32O6/c1-4-5-6-7-8-9-10-16(18(22)24-15(3)13-20)11-17(21)23-14(2)12-19/h8-9,14-16,19-20H,4-7,10-13H2,1-3H3/b9-8+. The van der Waals surface area contributed by atoms with E-state index in [9.17, 15) is 9.59 Å². The van der Waals surface area contributed by atoms with Gasteiger partial charge >= 0.3 is 11.9 Å². The molecule has 0 amide bonds. The van der Waals surface area contributed by atoms with Crippen molar-refractivity contribution in [1.29, 1.82) is 0 Å². The van der Waals surface area contributed by atoms with Gasteiger partial charge in [0, 0.05) is 0 Å². The van der Waals surface area contributed by atoms with E-state index in [1.807, 2.05) is 12.2 Å². The first-order valence-corrected chi connectivity index (χ1v) is 8.71. The second kappa shape index (κ2) is 14.0. The number of hydrogen-bond acceptors (Lipinski definition) is 6. The normalized spacial score (nSPS) is 15.0. The lowest BCUT2D eigenvalue weighted by molar-refractivity contribution is -0.161. The Kier molecular flexibility index (Phi) is 13.2. The zero-order valence-corrected chi connectivity index (χ0v) is 15.1. The van der Waals surface area contributed by atoms with E-state index in [0.29, 0.717) is 6.42 Å². The fraction of sp³-hybridized carbons (Fsp3) is 0.778. The molecule has 2 N–H and O–H groups in total. The number of hydrogen-bond donors (Lipinski definition) is 2. The van der Waals surface area contributed by atoms with Crippen LogP contribution in [-0.4, -0.2) is 47.6 Å². The molecule has 0 bridgehead atoms. The summed E-state index contributed by atoms with van der Waals surface area (Å²) in [6.45, 7) is 4.77. The smallest absolute Gasteiger partial charge is 0.310 e. The highest BCUT2D eigenvalue weighted by molar-refractivity contribution is 5.80. The Morgan fingerprint density at radius 1 is 1.00 bits per heavy atom. The zero-order chi connectivity index (χ0) is 18.4. The number of unbranched alkanes of at least 4 members (excludes halogenated alkanes) is 3. The Hall–Kier alpha value is -1.40. The summed E-state index contributed by atoms with van der Waals surface area (Å²) in [6, 6.07) is 0. The summed E-state index contributed by atoms with van der Waals surface area (Å²) >= 11 is 0. The fourth-order valence-electron chi connectivity index (χ4n) is 2.00. The molecule has 0 fully saturated rings. The molecule has 0 radical (unpaired) electrons. The van der Waals surface area contributed by atoms with Crippen LogP contribution in [0.1, 0.15) is 59.3 Å². The van der Waals surface area contributed by atoms with Gasteiger partial charge in [0.05, 0.1) is 25.6 Å². The van der Waals surface area contributed by atoms with Crippen LogP contribution in [0.15, 0.2) is 12.2 Å². The Morgan fingerprint density at radius 3 is 2.21 bits per heavy atom. The van der Waals surface area contributed by atoms with Gasteiger partial charge in [-0.2, -0.15) is 0 Å². The van der Waals surface area contributed by atoms with Crippen LogP contribution in [0, 0.1) is 5.92 Å². The number of rotatable bonds is 13. The highest BCUT2D eigenvalue weighted by Gasteiger charge is 2.25. The third-order valence-electron chi connectivity index (χ3n) is 3.47. The van der Waals surface area contributed by atoms with Gasteiger partial charge < -0.3 is 19.7 Å². The van der Waals surface area contributed by atoms with Crippen molar-refractivity contribution in [2.24, 2.45) is 5.92 Å². The summed E-state index contributed by atoms with van der Waals surface area (Å²) in [5.41, 5.74) is 0. The number of esters is 2. The molecule has 0 saturated heterocycles. The van der Waals surface area contributed by atoms with E-state index in [4.69, 9.17) is 19.7 Å². The van der Waals surface area contributed by atoms with E-state index in [2.05, 4.69) is 6.92 Å². The first-order valence-electron chi connectivity index (χ1n) is 8.71. The molecular formula is C18H32O6. The van der Waals surface area contributed by atoms with Crippen LogP contribution in [0.2, 0.25) is 0 Å². The van der Waals surface area contributed by atoms with Crippen molar-refractivity contribution >= 4 is 11.9 Å². The van der Waals surface area contributed by atoms with E-state index in [-0.39, 0.29) is 19.6 Å². The van der Waals surface area contributed by atoms with Crippen LogP contribution in [-0.2, 0) is 19.1 Å². The summed E-state index contributed by atoms with van der Waals surface area (Å²) in [4.78, 5) is 24.0. The number of allylic oxidation sites excluding steroid dienone is 2. The lowest BCUT2D eigenvalue weighted by Crippen LogP contribution is -2.28. The third kappa shape index (κ3) is 11.2. The second-order valence-corrected chi connectivity index (χ2v) is 6.02. The van der Waals surface area contributed by atoms with Gasteiger partial charge in [-0.1, -0.05) is 31.9 Å². The van der Waals surface area contributed by atoms with Crippen LogP contribution in [0.4, 0.5) is 0 Å². The summed E-state index contributed by atoms with van der Waals surface area (Å²) in [6.07, 6.45) is 7.30. The van der Waals surface area contributed by atoms with E-state index in [1.54, 1.807) is 13.8 Å². The minimum absolute atomic E-state index is 0.110. The quantitative estimate of drug-likeness (QED) is 0.303. The van der Waals surface area contributed by atoms with Gasteiger partial charge in [0.2, 0.25) is 0 Å². The first kappa shape index (κ1) is 22.6.